The number of aryl methyl sites for hydroxylation is 2. The number of ether oxygens (including phenoxy) is 3. The van der Waals surface area contributed by atoms with E-state index in [2.05, 4.69) is 15.5 Å². The van der Waals surface area contributed by atoms with Gasteiger partial charge in [-0.05, 0) is 60.9 Å². The number of aliphatic imine (C=N–C) groups is 1. The van der Waals surface area contributed by atoms with E-state index in [1.165, 1.54) is 20.1 Å². The number of hydrogen-bond donors (Lipinski definition) is 1. The molecule has 2 heterocycles. The Morgan fingerprint density at radius 1 is 1.05 bits per heavy atom. The van der Waals surface area contributed by atoms with Crippen molar-refractivity contribution in [1.29, 1.82) is 5.41 Å². The molecule has 0 spiro atoms. The molecule has 2 aliphatic heterocycles. The van der Waals surface area contributed by atoms with Gasteiger partial charge < -0.3 is 14.2 Å². The van der Waals surface area contributed by atoms with Gasteiger partial charge >= 0.3 is 0 Å². The summed E-state index contributed by atoms with van der Waals surface area (Å²) in [5.74, 6) is 0.531. The fraction of sp³-hybridized carbons (Fsp3) is 0.280. The van der Waals surface area contributed by atoms with Crippen LogP contribution in [-0.2, 0) is 14.6 Å². The van der Waals surface area contributed by atoms with E-state index in [0.717, 1.165) is 33.7 Å². The van der Waals surface area contributed by atoms with Crippen molar-refractivity contribution < 1.29 is 27.4 Å². The normalized spacial score (nSPS) is 16.4. The summed E-state index contributed by atoms with van der Waals surface area (Å²) >= 11 is 0.759. The summed E-state index contributed by atoms with van der Waals surface area (Å²) in [5, 5.41) is 8.26. The largest absolute Gasteiger partial charge is 0.493 e. The first-order chi connectivity index (χ1) is 17.6. The molecule has 0 saturated heterocycles. The zero-order valence-corrected chi connectivity index (χ0v) is 22.4. The fourth-order valence-corrected chi connectivity index (χ4v) is 5.68. The number of nitrogens with zero attached hydrogens (tertiary/aromatic N) is 3. The maximum Gasteiger partial charge on any atom is 0.283 e. The minimum Gasteiger partial charge on any atom is -0.493 e. The molecule has 1 amide bonds. The molecule has 0 fully saturated rings. The summed E-state index contributed by atoms with van der Waals surface area (Å²) in [5.41, 5.74) is 2.72. The highest BCUT2D eigenvalue weighted by Crippen LogP contribution is 2.32. The van der Waals surface area contributed by atoms with E-state index in [9.17, 15) is 13.2 Å². The number of carbonyl (C=O) groups excluding carboxylic acids is 1. The molecule has 0 radical (unpaired) electrons. The first kappa shape index (κ1) is 26.4. The van der Waals surface area contributed by atoms with Gasteiger partial charge in [0.1, 0.15) is 24.8 Å². The predicted molar refractivity (Wildman–Crippen MR) is 144 cm³/mol. The molecule has 4 rings (SSSR count). The van der Waals surface area contributed by atoms with Crippen molar-refractivity contribution in [2.45, 2.75) is 20.8 Å². The molecule has 0 bridgehead atoms. The van der Waals surface area contributed by atoms with Crippen molar-refractivity contribution in [3.8, 4) is 17.2 Å². The summed E-state index contributed by atoms with van der Waals surface area (Å²) in [6.07, 6.45) is 1.46. The molecule has 37 heavy (non-hydrogen) atoms. The van der Waals surface area contributed by atoms with Gasteiger partial charge in [-0.3, -0.25) is 10.2 Å². The molecule has 194 valence electrons. The van der Waals surface area contributed by atoms with Gasteiger partial charge in [-0.25, -0.2) is 13.3 Å². The summed E-state index contributed by atoms with van der Waals surface area (Å²) < 4.78 is 45.8. The van der Waals surface area contributed by atoms with E-state index in [4.69, 9.17) is 19.6 Å². The third-order valence-electron chi connectivity index (χ3n) is 5.46. The number of amides is 1. The Morgan fingerprint density at radius 2 is 1.76 bits per heavy atom. The molecule has 0 aliphatic carbocycles. The number of rotatable bonds is 8. The van der Waals surface area contributed by atoms with E-state index in [1.54, 1.807) is 18.2 Å². The number of methoxy groups -OCH3 is 1. The van der Waals surface area contributed by atoms with Crippen molar-refractivity contribution in [1.82, 2.24) is 4.90 Å². The van der Waals surface area contributed by atoms with Gasteiger partial charge in [-0.1, -0.05) is 19.1 Å². The van der Waals surface area contributed by atoms with Gasteiger partial charge in [0.15, 0.2) is 11.5 Å². The Bertz CT molecular complexity index is 1440. The van der Waals surface area contributed by atoms with Crippen LogP contribution in [-0.4, -0.2) is 61.5 Å². The standard InChI is InChI=1S/C25H26N4O6S2/c1-5-37(31,32)25-28-36-24-27-23(30)19(22(26)29(24)25)13-17-6-7-20(21(14-17)33-4)35-9-8-34-18-11-15(2)10-16(3)12-18/h6-7,10-14,26H,5,8-9H2,1-4H3/b19-13-,26-22?. The quantitative estimate of drug-likeness (QED) is 0.303. The second-order valence-electron chi connectivity index (χ2n) is 8.24. The fourth-order valence-electron chi connectivity index (χ4n) is 3.72. The van der Waals surface area contributed by atoms with Crippen molar-refractivity contribution in [2.75, 3.05) is 26.1 Å². The molecular formula is C25H26N4O6S2. The van der Waals surface area contributed by atoms with E-state index in [1.807, 2.05) is 26.0 Å². The van der Waals surface area contributed by atoms with Crippen LogP contribution in [0.4, 0.5) is 0 Å². The summed E-state index contributed by atoms with van der Waals surface area (Å²) in [7, 11) is -2.22. The zero-order valence-electron chi connectivity index (χ0n) is 20.8. The molecule has 0 unspecified atom stereocenters. The van der Waals surface area contributed by atoms with Crippen LogP contribution in [0.3, 0.4) is 0 Å². The molecule has 2 aliphatic rings. The first-order valence-electron chi connectivity index (χ1n) is 11.4. The van der Waals surface area contributed by atoms with Crippen LogP contribution >= 0.6 is 11.9 Å². The smallest absolute Gasteiger partial charge is 0.283 e. The number of carbonyl (C=O) groups is 1. The monoisotopic (exact) mass is 542 g/mol. The topological polar surface area (TPSA) is 131 Å². The van der Waals surface area contributed by atoms with Crippen molar-refractivity contribution in [3.63, 3.8) is 0 Å². The molecule has 0 atom stereocenters. The van der Waals surface area contributed by atoms with Crippen molar-refractivity contribution in [2.24, 2.45) is 9.39 Å². The number of fused-ring (bicyclic) bond motifs is 1. The van der Waals surface area contributed by atoms with Gasteiger partial charge in [0.05, 0.1) is 30.4 Å². The maximum atomic E-state index is 12.6. The van der Waals surface area contributed by atoms with E-state index in [0.29, 0.717) is 23.7 Å². The van der Waals surface area contributed by atoms with Crippen LogP contribution in [0.25, 0.3) is 6.08 Å². The molecule has 2 aromatic rings. The number of amidine groups is 3. The second-order valence-corrected chi connectivity index (χ2v) is 11.1. The first-order valence-corrected chi connectivity index (χ1v) is 13.8. The van der Waals surface area contributed by atoms with Crippen LogP contribution in [0.2, 0.25) is 0 Å². The van der Waals surface area contributed by atoms with Gasteiger partial charge in [-0.2, -0.15) is 9.39 Å². The Kier molecular flexibility index (Phi) is 7.69. The Balaban J connectivity index is 1.48. The average Bonchev–Trinajstić information content (AvgIpc) is 3.29. The highest BCUT2D eigenvalue weighted by molar-refractivity contribution is 8.16. The minimum atomic E-state index is -3.72. The number of nitrogens with one attached hydrogen (secondary N) is 1. The van der Waals surface area contributed by atoms with Crippen molar-refractivity contribution >= 4 is 49.9 Å². The third kappa shape index (κ3) is 5.70. The zero-order chi connectivity index (χ0) is 26.7. The lowest BCUT2D eigenvalue weighted by molar-refractivity contribution is -0.114. The lowest BCUT2D eigenvalue weighted by Gasteiger charge is -2.24. The maximum absolute atomic E-state index is 12.6. The molecular weight excluding hydrogens is 516 g/mol. The van der Waals surface area contributed by atoms with Gasteiger partial charge in [-0.15, -0.1) is 0 Å². The Hall–Kier alpha value is -3.64. The molecule has 2 aromatic carbocycles. The Labute approximate surface area is 219 Å². The van der Waals surface area contributed by atoms with Crippen LogP contribution < -0.4 is 14.2 Å². The molecule has 1 N–H and O–H groups in total. The number of sulfone groups is 1. The van der Waals surface area contributed by atoms with Crippen LogP contribution in [0, 0.1) is 19.3 Å². The second kappa shape index (κ2) is 10.8. The minimum absolute atomic E-state index is 0.0450. The lowest BCUT2D eigenvalue weighted by Crippen LogP contribution is -2.45. The van der Waals surface area contributed by atoms with E-state index in [-0.39, 0.29) is 34.1 Å². The van der Waals surface area contributed by atoms with Gasteiger partial charge in [0, 0.05) is 0 Å². The summed E-state index contributed by atoms with van der Waals surface area (Å²) in [6.45, 7) is 6.12. The molecule has 0 saturated carbocycles. The highest BCUT2D eigenvalue weighted by atomic mass is 32.2. The lowest BCUT2D eigenvalue weighted by atomic mass is 10.1. The van der Waals surface area contributed by atoms with Crippen LogP contribution in [0.15, 0.2) is 51.4 Å². The van der Waals surface area contributed by atoms with Crippen LogP contribution in [0.5, 0.6) is 17.2 Å². The summed E-state index contributed by atoms with van der Waals surface area (Å²) in [4.78, 5) is 17.6. The van der Waals surface area contributed by atoms with Gasteiger partial charge in [0.2, 0.25) is 20.2 Å². The average molecular weight is 543 g/mol. The number of hydrogen-bond acceptors (Lipinski definition) is 9. The molecule has 0 aromatic heterocycles. The van der Waals surface area contributed by atoms with E-state index >= 15 is 0 Å². The SMILES string of the molecule is CCS(=O)(=O)C1=NSC2=NC(=O)/C(=C\c3ccc(OCCOc4cc(C)cc(C)c4)c(OC)c3)C(=N)N21. The molecule has 10 nitrogen and oxygen atoms in total. The summed E-state index contributed by atoms with van der Waals surface area (Å²) in [6, 6.07) is 11.0. The Morgan fingerprint density at radius 3 is 2.43 bits per heavy atom. The molecule has 12 heteroatoms. The van der Waals surface area contributed by atoms with Crippen molar-refractivity contribution in [3.05, 3.63) is 58.7 Å². The van der Waals surface area contributed by atoms with E-state index < -0.39 is 15.7 Å². The highest BCUT2D eigenvalue weighted by Gasteiger charge is 2.42. The third-order valence-corrected chi connectivity index (χ3v) is 7.86. The van der Waals surface area contributed by atoms with Crippen LogP contribution in [0.1, 0.15) is 23.6 Å². The number of benzene rings is 2. The van der Waals surface area contributed by atoms with Gasteiger partial charge in [0.25, 0.3) is 5.91 Å². The predicted octanol–water partition coefficient (Wildman–Crippen LogP) is 3.78.